The standard InChI is InChI=1S/C24H29FN2O2/c1-3-7-22(28)27-15-6-14-24(17-27,23(29)26-2)16-18-10-12-19(13-11-18)20-8-4-5-9-21(20)25/h4-5,8-13H,3,6-7,14-17H2,1-2H3,(H,26,29)/t24-/m1/s1. The zero-order valence-corrected chi connectivity index (χ0v) is 17.2. The number of halogens is 1. The molecule has 29 heavy (non-hydrogen) atoms. The summed E-state index contributed by atoms with van der Waals surface area (Å²) in [6.45, 7) is 3.15. The first-order chi connectivity index (χ1) is 14.0. The SMILES string of the molecule is CCCC(=O)N1CCC[C@](Cc2ccc(-c3ccccc3F)cc2)(C(=O)NC)C1. The lowest BCUT2D eigenvalue weighted by atomic mass is 9.74. The van der Waals surface area contributed by atoms with Crippen LogP contribution < -0.4 is 5.32 Å². The molecular formula is C24H29FN2O2. The normalized spacial score (nSPS) is 19.1. The molecule has 2 amide bonds. The third kappa shape index (κ3) is 4.66. The molecule has 0 radical (unpaired) electrons. The Hall–Kier alpha value is -2.69. The lowest BCUT2D eigenvalue weighted by Crippen LogP contribution is -2.53. The molecule has 1 aliphatic heterocycles. The summed E-state index contributed by atoms with van der Waals surface area (Å²) < 4.78 is 14.1. The van der Waals surface area contributed by atoms with E-state index in [1.807, 2.05) is 42.2 Å². The van der Waals surface area contributed by atoms with Gasteiger partial charge in [-0.25, -0.2) is 4.39 Å². The number of piperidine rings is 1. The number of nitrogens with zero attached hydrogens (tertiary/aromatic N) is 1. The number of hydrogen-bond donors (Lipinski definition) is 1. The maximum absolute atomic E-state index is 14.1. The van der Waals surface area contributed by atoms with Crippen LogP contribution in [0.25, 0.3) is 11.1 Å². The average Bonchev–Trinajstić information content (AvgIpc) is 2.74. The van der Waals surface area contributed by atoms with Crippen LogP contribution in [0.15, 0.2) is 48.5 Å². The molecule has 0 spiro atoms. The van der Waals surface area contributed by atoms with Crippen molar-refractivity contribution in [3.63, 3.8) is 0 Å². The minimum Gasteiger partial charge on any atom is -0.359 e. The number of carbonyl (C=O) groups is 2. The fourth-order valence-electron chi connectivity index (χ4n) is 4.28. The predicted octanol–water partition coefficient (Wildman–Crippen LogP) is 4.19. The summed E-state index contributed by atoms with van der Waals surface area (Å²) in [6, 6.07) is 14.4. The van der Waals surface area contributed by atoms with Crippen LogP contribution in [0.5, 0.6) is 0 Å². The van der Waals surface area contributed by atoms with Gasteiger partial charge in [-0.15, -0.1) is 0 Å². The minimum absolute atomic E-state index is 0.0234. The molecule has 1 heterocycles. The lowest BCUT2D eigenvalue weighted by molar-refractivity contribution is -0.141. The van der Waals surface area contributed by atoms with E-state index in [0.29, 0.717) is 31.5 Å². The maximum Gasteiger partial charge on any atom is 0.228 e. The van der Waals surface area contributed by atoms with E-state index in [1.54, 1.807) is 19.2 Å². The highest BCUT2D eigenvalue weighted by Crippen LogP contribution is 2.35. The van der Waals surface area contributed by atoms with Gasteiger partial charge in [-0.2, -0.15) is 0 Å². The highest BCUT2D eigenvalue weighted by molar-refractivity contribution is 5.85. The van der Waals surface area contributed by atoms with Crippen molar-refractivity contribution < 1.29 is 14.0 Å². The van der Waals surface area contributed by atoms with Crippen molar-refractivity contribution >= 4 is 11.8 Å². The van der Waals surface area contributed by atoms with Crippen LogP contribution in [0.3, 0.4) is 0 Å². The van der Waals surface area contributed by atoms with Gasteiger partial charge < -0.3 is 10.2 Å². The van der Waals surface area contributed by atoms with E-state index in [0.717, 1.165) is 30.4 Å². The molecule has 1 saturated heterocycles. The third-order valence-corrected chi connectivity index (χ3v) is 5.78. The van der Waals surface area contributed by atoms with Crippen molar-refractivity contribution in [2.75, 3.05) is 20.1 Å². The minimum atomic E-state index is -0.629. The smallest absolute Gasteiger partial charge is 0.228 e. The Morgan fingerprint density at radius 1 is 1.14 bits per heavy atom. The summed E-state index contributed by atoms with van der Waals surface area (Å²) in [5, 5.41) is 2.81. The Kier molecular flexibility index (Phi) is 6.68. The van der Waals surface area contributed by atoms with Crippen LogP contribution in [-0.4, -0.2) is 36.9 Å². The number of rotatable bonds is 6. The Morgan fingerprint density at radius 3 is 2.52 bits per heavy atom. The van der Waals surface area contributed by atoms with Gasteiger partial charge in [0, 0.05) is 32.1 Å². The first kappa shape index (κ1) is 21.0. The van der Waals surface area contributed by atoms with E-state index in [1.165, 1.54) is 6.07 Å². The predicted molar refractivity (Wildman–Crippen MR) is 113 cm³/mol. The van der Waals surface area contributed by atoms with Gasteiger partial charge in [-0.05, 0) is 42.9 Å². The molecule has 2 aromatic carbocycles. The van der Waals surface area contributed by atoms with Gasteiger partial charge >= 0.3 is 0 Å². The number of likely N-dealkylation sites (tertiary alicyclic amines) is 1. The van der Waals surface area contributed by atoms with Crippen molar-refractivity contribution in [2.45, 2.75) is 39.0 Å². The van der Waals surface area contributed by atoms with E-state index < -0.39 is 5.41 Å². The second kappa shape index (κ2) is 9.21. The van der Waals surface area contributed by atoms with Crippen molar-refractivity contribution in [2.24, 2.45) is 5.41 Å². The molecule has 0 unspecified atom stereocenters. The Bertz CT molecular complexity index is 865. The molecule has 154 valence electrons. The van der Waals surface area contributed by atoms with E-state index in [9.17, 15) is 14.0 Å². The zero-order chi connectivity index (χ0) is 20.9. The van der Waals surface area contributed by atoms with E-state index in [4.69, 9.17) is 0 Å². The molecule has 1 aliphatic rings. The highest BCUT2D eigenvalue weighted by atomic mass is 19.1. The Labute approximate surface area is 172 Å². The fraction of sp³-hybridized carbons (Fsp3) is 0.417. The number of benzene rings is 2. The van der Waals surface area contributed by atoms with Crippen LogP contribution in [0, 0.1) is 11.2 Å². The monoisotopic (exact) mass is 396 g/mol. The van der Waals surface area contributed by atoms with E-state index >= 15 is 0 Å². The van der Waals surface area contributed by atoms with Gasteiger partial charge in [0.25, 0.3) is 0 Å². The first-order valence-electron chi connectivity index (χ1n) is 10.3. The Morgan fingerprint density at radius 2 is 1.86 bits per heavy atom. The fourth-order valence-corrected chi connectivity index (χ4v) is 4.28. The largest absolute Gasteiger partial charge is 0.359 e. The van der Waals surface area contributed by atoms with Gasteiger partial charge in [0.05, 0.1) is 5.41 Å². The number of carbonyl (C=O) groups excluding carboxylic acids is 2. The number of nitrogens with one attached hydrogen (secondary N) is 1. The molecule has 1 fully saturated rings. The summed E-state index contributed by atoms with van der Waals surface area (Å²) in [7, 11) is 1.65. The molecule has 1 N–H and O–H groups in total. The van der Waals surface area contributed by atoms with Crippen LogP contribution in [-0.2, 0) is 16.0 Å². The molecule has 4 nitrogen and oxygen atoms in total. The van der Waals surface area contributed by atoms with E-state index in [2.05, 4.69) is 5.32 Å². The second-order valence-corrected chi connectivity index (χ2v) is 7.88. The topological polar surface area (TPSA) is 49.4 Å². The van der Waals surface area contributed by atoms with Gasteiger partial charge in [-0.3, -0.25) is 9.59 Å². The van der Waals surface area contributed by atoms with Gasteiger partial charge in [0.2, 0.25) is 11.8 Å². The zero-order valence-electron chi connectivity index (χ0n) is 17.2. The van der Waals surface area contributed by atoms with Gasteiger partial charge in [0.1, 0.15) is 5.82 Å². The van der Waals surface area contributed by atoms with Crippen molar-refractivity contribution in [3.05, 3.63) is 59.9 Å². The van der Waals surface area contributed by atoms with Crippen LogP contribution in [0.1, 0.15) is 38.2 Å². The number of amides is 2. The molecule has 0 bridgehead atoms. The molecule has 0 aromatic heterocycles. The van der Waals surface area contributed by atoms with Crippen molar-refractivity contribution in [1.82, 2.24) is 10.2 Å². The van der Waals surface area contributed by atoms with Crippen molar-refractivity contribution in [1.29, 1.82) is 0 Å². The number of hydrogen-bond acceptors (Lipinski definition) is 2. The second-order valence-electron chi connectivity index (χ2n) is 7.88. The lowest BCUT2D eigenvalue weighted by Gasteiger charge is -2.41. The summed E-state index contributed by atoms with van der Waals surface area (Å²) in [5.41, 5.74) is 1.76. The van der Waals surface area contributed by atoms with Crippen LogP contribution >= 0.6 is 0 Å². The van der Waals surface area contributed by atoms with E-state index in [-0.39, 0.29) is 17.6 Å². The molecule has 0 saturated carbocycles. The molecule has 1 atom stereocenters. The molecule has 5 heteroatoms. The first-order valence-corrected chi connectivity index (χ1v) is 10.3. The molecular weight excluding hydrogens is 367 g/mol. The van der Waals surface area contributed by atoms with Crippen LogP contribution in [0.4, 0.5) is 4.39 Å². The molecule has 2 aromatic rings. The summed E-state index contributed by atoms with van der Waals surface area (Å²) in [6.07, 6.45) is 3.44. The summed E-state index contributed by atoms with van der Waals surface area (Å²) in [4.78, 5) is 27.1. The molecule has 3 rings (SSSR count). The summed E-state index contributed by atoms with van der Waals surface area (Å²) in [5.74, 6) is -0.153. The maximum atomic E-state index is 14.1. The highest BCUT2D eigenvalue weighted by Gasteiger charge is 2.42. The van der Waals surface area contributed by atoms with Crippen LogP contribution in [0.2, 0.25) is 0 Å². The summed E-state index contributed by atoms with van der Waals surface area (Å²) >= 11 is 0. The Balaban J connectivity index is 1.83. The molecule has 0 aliphatic carbocycles. The van der Waals surface area contributed by atoms with Gasteiger partial charge in [0.15, 0.2) is 0 Å². The third-order valence-electron chi connectivity index (χ3n) is 5.78. The average molecular weight is 397 g/mol. The van der Waals surface area contributed by atoms with Gasteiger partial charge in [-0.1, -0.05) is 49.4 Å². The quantitative estimate of drug-likeness (QED) is 0.796. The van der Waals surface area contributed by atoms with Crippen molar-refractivity contribution in [3.8, 4) is 11.1 Å².